The highest BCUT2D eigenvalue weighted by Gasteiger charge is 2.23. The summed E-state index contributed by atoms with van der Waals surface area (Å²) >= 11 is 1.24. The fourth-order valence-electron chi connectivity index (χ4n) is 2.67. The second-order valence-corrected chi connectivity index (χ2v) is 7.51. The minimum absolute atomic E-state index is 0.197. The molecule has 3 aromatic heterocycles. The van der Waals surface area contributed by atoms with Crippen LogP contribution >= 0.6 is 11.3 Å². The molecule has 11 heteroatoms. The van der Waals surface area contributed by atoms with Crippen molar-refractivity contribution >= 4 is 40.0 Å². The Morgan fingerprint density at radius 1 is 1.14 bits per heavy atom. The van der Waals surface area contributed by atoms with Crippen molar-refractivity contribution in [3.63, 3.8) is 0 Å². The lowest BCUT2D eigenvalue weighted by molar-refractivity contribution is -0.119. The number of fused-ring (bicyclic) bond motifs is 1. The number of aryl methyl sites for hydroxylation is 3. The summed E-state index contributed by atoms with van der Waals surface area (Å²) in [6.45, 7) is 6.65. The predicted molar refractivity (Wildman–Crippen MR) is 104 cm³/mol. The van der Waals surface area contributed by atoms with Crippen LogP contribution in [0.1, 0.15) is 42.8 Å². The van der Waals surface area contributed by atoms with Gasteiger partial charge in [-0.3, -0.25) is 4.79 Å². The molecule has 0 aliphatic carbocycles. The summed E-state index contributed by atoms with van der Waals surface area (Å²) in [5.74, 6) is -1.93. The number of esters is 2. The van der Waals surface area contributed by atoms with E-state index in [0.29, 0.717) is 5.00 Å². The van der Waals surface area contributed by atoms with Crippen LogP contribution in [0.15, 0.2) is 6.07 Å². The van der Waals surface area contributed by atoms with Crippen molar-refractivity contribution in [2.24, 2.45) is 0 Å². The van der Waals surface area contributed by atoms with Gasteiger partial charge in [0.2, 0.25) is 0 Å². The molecule has 3 rings (SSSR count). The third-order valence-electron chi connectivity index (χ3n) is 4.16. The van der Waals surface area contributed by atoms with Gasteiger partial charge in [0.05, 0.1) is 12.7 Å². The number of nitrogens with zero attached hydrogens (tertiary/aromatic N) is 4. The first-order valence-electron chi connectivity index (χ1n) is 8.57. The van der Waals surface area contributed by atoms with Crippen LogP contribution in [-0.4, -0.2) is 51.1 Å². The van der Waals surface area contributed by atoms with E-state index in [2.05, 4.69) is 20.4 Å². The first-order chi connectivity index (χ1) is 13.7. The number of anilines is 1. The molecule has 0 spiro atoms. The average Bonchev–Trinajstić information content (AvgIpc) is 3.21. The van der Waals surface area contributed by atoms with Gasteiger partial charge in [0.25, 0.3) is 17.5 Å². The Labute approximate surface area is 169 Å². The second-order valence-electron chi connectivity index (χ2n) is 6.29. The SMILES string of the molecule is COC(=O)c1c(NC(=O)COC(=O)c2nc3nc(C)cc(C)n3n2)sc(C)c1C. The van der Waals surface area contributed by atoms with E-state index in [9.17, 15) is 14.4 Å². The summed E-state index contributed by atoms with van der Waals surface area (Å²) in [6, 6.07) is 1.80. The third kappa shape index (κ3) is 4.09. The maximum atomic E-state index is 12.2. The van der Waals surface area contributed by atoms with Crippen molar-refractivity contribution in [3.05, 3.63) is 39.3 Å². The average molecular weight is 417 g/mol. The second kappa shape index (κ2) is 7.95. The molecule has 0 aliphatic heterocycles. The van der Waals surface area contributed by atoms with Crippen molar-refractivity contribution in [1.82, 2.24) is 19.6 Å². The highest BCUT2D eigenvalue weighted by molar-refractivity contribution is 7.16. The number of nitrogens with one attached hydrogen (secondary N) is 1. The zero-order valence-electron chi connectivity index (χ0n) is 16.5. The minimum Gasteiger partial charge on any atom is -0.465 e. The van der Waals surface area contributed by atoms with Gasteiger partial charge in [-0.05, 0) is 39.3 Å². The number of ether oxygens (including phenoxy) is 2. The normalized spacial score (nSPS) is 10.8. The fourth-order valence-corrected chi connectivity index (χ4v) is 3.74. The van der Waals surface area contributed by atoms with Crippen LogP contribution in [0.25, 0.3) is 5.78 Å². The fraction of sp³-hybridized carbons (Fsp3) is 0.333. The van der Waals surface area contributed by atoms with E-state index in [1.54, 1.807) is 19.9 Å². The Kier molecular flexibility index (Phi) is 5.59. The molecule has 3 aromatic rings. The van der Waals surface area contributed by atoms with Gasteiger partial charge in [0.1, 0.15) is 5.00 Å². The van der Waals surface area contributed by atoms with Crippen LogP contribution in [0.4, 0.5) is 5.00 Å². The molecule has 0 fully saturated rings. The van der Waals surface area contributed by atoms with E-state index < -0.39 is 24.5 Å². The van der Waals surface area contributed by atoms with Gasteiger partial charge in [-0.1, -0.05) is 0 Å². The molecular weight excluding hydrogens is 398 g/mol. The Hall–Kier alpha value is -3.34. The van der Waals surface area contributed by atoms with Crippen LogP contribution in [0.2, 0.25) is 0 Å². The quantitative estimate of drug-likeness (QED) is 0.625. The monoisotopic (exact) mass is 417 g/mol. The van der Waals surface area contributed by atoms with E-state index in [-0.39, 0.29) is 17.2 Å². The van der Waals surface area contributed by atoms with Crippen molar-refractivity contribution in [1.29, 1.82) is 0 Å². The summed E-state index contributed by atoms with van der Waals surface area (Å²) in [4.78, 5) is 45.5. The van der Waals surface area contributed by atoms with E-state index in [0.717, 1.165) is 21.8 Å². The molecule has 0 saturated carbocycles. The summed E-state index contributed by atoms with van der Waals surface area (Å²) in [6.07, 6.45) is 0. The van der Waals surface area contributed by atoms with Gasteiger partial charge >= 0.3 is 11.9 Å². The maximum absolute atomic E-state index is 12.2. The molecule has 0 bridgehead atoms. The highest BCUT2D eigenvalue weighted by atomic mass is 32.1. The molecule has 0 saturated heterocycles. The molecule has 29 heavy (non-hydrogen) atoms. The summed E-state index contributed by atoms with van der Waals surface area (Å²) in [5.41, 5.74) is 2.51. The van der Waals surface area contributed by atoms with Crippen LogP contribution in [-0.2, 0) is 14.3 Å². The standard InChI is InChI=1S/C18H19N5O5S/c1-8-6-9(2)23-18(19-8)21-14(22-23)17(26)28-7-12(24)20-15-13(16(25)27-5)10(3)11(4)29-15/h6H,7H2,1-5H3,(H,20,24). The van der Waals surface area contributed by atoms with Gasteiger partial charge in [-0.15, -0.1) is 16.4 Å². The van der Waals surface area contributed by atoms with Crippen LogP contribution in [0.5, 0.6) is 0 Å². The molecule has 0 atom stereocenters. The molecule has 152 valence electrons. The number of rotatable bonds is 5. The topological polar surface area (TPSA) is 125 Å². The number of carbonyl (C=O) groups excluding carboxylic acids is 3. The molecule has 3 heterocycles. The van der Waals surface area contributed by atoms with Crippen molar-refractivity contribution in [2.45, 2.75) is 27.7 Å². The summed E-state index contributed by atoms with van der Waals surface area (Å²) in [7, 11) is 1.27. The molecule has 0 radical (unpaired) electrons. The van der Waals surface area contributed by atoms with Crippen molar-refractivity contribution in [3.8, 4) is 0 Å². The van der Waals surface area contributed by atoms with Gasteiger partial charge in [-0.2, -0.15) is 4.98 Å². The van der Waals surface area contributed by atoms with Gasteiger partial charge in [0, 0.05) is 16.3 Å². The van der Waals surface area contributed by atoms with E-state index in [4.69, 9.17) is 9.47 Å². The number of thiophene rings is 1. The molecule has 10 nitrogen and oxygen atoms in total. The lowest BCUT2D eigenvalue weighted by Crippen LogP contribution is -2.22. The molecule has 0 aliphatic rings. The van der Waals surface area contributed by atoms with Crippen molar-refractivity contribution in [2.75, 3.05) is 19.0 Å². The number of hydrogen-bond acceptors (Lipinski definition) is 9. The lowest BCUT2D eigenvalue weighted by atomic mass is 10.1. The molecular formula is C18H19N5O5S. The first kappa shape index (κ1) is 20.4. The Bertz CT molecular complexity index is 1130. The largest absolute Gasteiger partial charge is 0.465 e. The summed E-state index contributed by atoms with van der Waals surface area (Å²) < 4.78 is 11.2. The van der Waals surface area contributed by atoms with Gasteiger partial charge in [-0.25, -0.2) is 19.1 Å². The maximum Gasteiger partial charge on any atom is 0.378 e. The first-order valence-corrected chi connectivity index (χ1v) is 9.39. The van der Waals surface area contributed by atoms with Crippen LogP contribution in [0, 0.1) is 27.7 Å². The number of carbonyl (C=O) groups is 3. The Morgan fingerprint density at radius 2 is 1.86 bits per heavy atom. The van der Waals surface area contributed by atoms with Crippen LogP contribution < -0.4 is 5.32 Å². The molecule has 1 N–H and O–H groups in total. The van der Waals surface area contributed by atoms with Gasteiger partial charge < -0.3 is 14.8 Å². The summed E-state index contributed by atoms with van der Waals surface area (Å²) in [5, 5.41) is 6.98. The van der Waals surface area contributed by atoms with Gasteiger partial charge in [0.15, 0.2) is 6.61 Å². The Balaban J connectivity index is 1.69. The molecule has 0 unspecified atom stereocenters. The Morgan fingerprint density at radius 3 is 2.55 bits per heavy atom. The third-order valence-corrected chi connectivity index (χ3v) is 5.29. The zero-order chi connectivity index (χ0) is 21.3. The zero-order valence-corrected chi connectivity index (χ0v) is 17.3. The van der Waals surface area contributed by atoms with E-state index in [1.165, 1.54) is 23.0 Å². The van der Waals surface area contributed by atoms with Crippen LogP contribution in [0.3, 0.4) is 0 Å². The van der Waals surface area contributed by atoms with E-state index >= 15 is 0 Å². The number of methoxy groups -OCH3 is 1. The van der Waals surface area contributed by atoms with E-state index in [1.807, 2.05) is 13.8 Å². The van der Waals surface area contributed by atoms with Crippen molar-refractivity contribution < 1.29 is 23.9 Å². The lowest BCUT2D eigenvalue weighted by Gasteiger charge is -2.06. The number of hydrogen-bond donors (Lipinski definition) is 1. The highest BCUT2D eigenvalue weighted by Crippen LogP contribution is 2.32. The minimum atomic E-state index is -0.852. The number of amides is 1. The number of aromatic nitrogens is 4. The predicted octanol–water partition coefficient (Wildman–Crippen LogP) is 2.00. The molecule has 0 aromatic carbocycles. The molecule has 1 amide bonds. The smallest absolute Gasteiger partial charge is 0.378 e.